The van der Waals surface area contributed by atoms with Crippen LogP contribution in [0.4, 0.5) is 11.4 Å². The van der Waals surface area contributed by atoms with Gasteiger partial charge in [0.15, 0.2) is 0 Å². The maximum absolute atomic E-state index is 12.9. The van der Waals surface area contributed by atoms with Crippen molar-refractivity contribution >= 4 is 28.2 Å². The van der Waals surface area contributed by atoms with Crippen LogP contribution in [0.5, 0.6) is 11.5 Å². The molecule has 6 heteroatoms. The average Bonchev–Trinajstić information content (AvgIpc) is 3.25. The van der Waals surface area contributed by atoms with Crippen molar-refractivity contribution in [3.63, 3.8) is 0 Å². The molecule has 1 aliphatic heterocycles. The fourth-order valence-corrected chi connectivity index (χ4v) is 3.69. The number of carbonyl (C=O) groups excluding carboxylic acids is 1. The molecule has 0 radical (unpaired) electrons. The van der Waals surface area contributed by atoms with Crippen molar-refractivity contribution in [3.8, 4) is 11.5 Å². The quantitative estimate of drug-likeness (QED) is 0.697. The molecule has 146 valence electrons. The Morgan fingerprint density at radius 3 is 2.86 bits per heavy atom. The summed E-state index contributed by atoms with van der Waals surface area (Å²) in [4.78, 5) is 18.2. The Labute approximate surface area is 164 Å². The number of hydrogen-bond acceptors (Lipinski definition) is 4. The van der Waals surface area contributed by atoms with Gasteiger partial charge in [0.05, 0.1) is 23.5 Å². The van der Waals surface area contributed by atoms with E-state index >= 15 is 0 Å². The van der Waals surface area contributed by atoms with Crippen LogP contribution in [0.3, 0.4) is 0 Å². The first kappa shape index (κ1) is 18.2. The normalized spacial score (nSPS) is 15.2. The largest absolute Gasteiger partial charge is 0.493 e. The average molecular weight is 379 g/mol. The maximum Gasteiger partial charge on any atom is 0.272 e. The van der Waals surface area contributed by atoms with Crippen LogP contribution in [0.2, 0.25) is 0 Å². The van der Waals surface area contributed by atoms with E-state index in [9.17, 15) is 4.79 Å². The smallest absolute Gasteiger partial charge is 0.272 e. The highest BCUT2D eigenvalue weighted by molar-refractivity contribution is 6.08. The molecule has 1 amide bonds. The lowest BCUT2D eigenvalue weighted by Gasteiger charge is -2.17. The van der Waals surface area contributed by atoms with Gasteiger partial charge in [-0.3, -0.25) is 4.79 Å². The van der Waals surface area contributed by atoms with Gasteiger partial charge in [-0.25, -0.2) is 0 Å². The van der Waals surface area contributed by atoms with Crippen molar-refractivity contribution in [2.75, 3.05) is 30.9 Å². The van der Waals surface area contributed by atoms with Crippen LogP contribution in [0.15, 0.2) is 36.4 Å². The molecule has 0 spiro atoms. The van der Waals surface area contributed by atoms with E-state index in [1.807, 2.05) is 69.2 Å². The monoisotopic (exact) mass is 379 g/mol. The van der Waals surface area contributed by atoms with Gasteiger partial charge < -0.3 is 24.7 Å². The van der Waals surface area contributed by atoms with Gasteiger partial charge in [0, 0.05) is 31.5 Å². The maximum atomic E-state index is 12.9. The summed E-state index contributed by atoms with van der Waals surface area (Å²) in [5.74, 6) is 1.39. The summed E-state index contributed by atoms with van der Waals surface area (Å²) < 4.78 is 11.8. The van der Waals surface area contributed by atoms with Crippen LogP contribution in [0.25, 0.3) is 10.9 Å². The Balaban J connectivity index is 1.73. The molecule has 1 atom stereocenters. The molecule has 6 nitrogen and oxygen atoms in total. The second-order valence-electron chi connectivity index (χ2n) is 7.27. The summed E-state index contributed by atoms with van der Waals surface area (Å²) in [5, 5.41) is 3.87. The highest BCUT2D eigenvalue weighted by Crippen LogP contribution is 2.41. The fourth-order valence-electron chi connectivity index (χ4n) is 3.69. The van der Waals surface area contributed by atoms with Crippen LogP contribution < -0.4 is 19.7 Å². The van der Waals surface area contributed by atoms with Gasteiger partial charge in [0.1, 0.15) is 23.3 Å². The molecular formula is C22H25N3O3. The standard InChI is InChI=1S/C22H25N3O3/c1-5-27-19-11-14-10-13(2)28-21(14)20-15(19)12-17(23-20)22(26)24-16-8-6-7-9-18(16)25(3)4/h6-9,11-13,23H,5,10H2,1-4H3,(H,24,26)/t13-/m0/s1. The van der Waals surface area contributed by atoms with Crippen LogP contribution >= 0.6 is 0 Å². The highest BCUT2D eigenvalue weighted by atomic mass is 16.5. The lowest BCUT2D eigenvalue weighted by Crippen LogP contribution is -2.16. The van der Waals surface area contributed by atoms with Crippen LogP contribution in [0.1, 0.15) is 29.9 Å². The molecule has 0 bridgehead atoms. The minimum Gasteiger partial charge on any atom is -0.493 e. The zero-order valence-electron chi connectivity index (χ0n) is 16.6. The van der Waals surface area contributed by atoms with E-state index in [1.165, 1.54) is 0 Å². The molecule has 28 heavy (non-hydrogen) atoms. The summed E-state index contributed by atoms with van der Waals surface area (Å²) in [6, 6.07) is 11.6. The van der Waals surface area contributed by atoms with E-state index in [1.54, 1.807) is 0 Å². The van der Waals surface area contributed by atoms with Crippen LogP contribution in [0, 0.1) is 0 Å². The van der Waals surface area contributed by atoms with E-state index < -0.39 is 0 Å². The first-order valence-corrected chi connectivity index (χ1v) is 9.53. The molecular weight excluding hydrogens is 354 g/mol. The Hall–Kier alpha value is -3.15. The molecule has 2 heterocycles. The first-order valence-electron chi connectivity index (χ1n) is 9.53. The molecule has 0 unspecified atom stereocenters. The number of hydrogen-bond donors (Lipinski definition) is 2. The number of aromatic amines is 1. The van der Waals surface area contributed by atoms with Crippen LogP contribution in [-0.2, 0) is 6.42 Å². The molecule has 3 aromatic rings. The van der Waals surface area contributed by atoms with Gasteiger partial charge in [-0.15, -0.1) is 0 Å². The molecule has 0 saturated carbocycles. The number of nitrogens with one attached hydrogen (secondary N) is 2. The van der Waals surface area contributed by atoms with E-state index in [0.29, 0.717) is 12.3 Å². The number of aromatic nitrogens is 1. The minimum atomic E-state index is -0.201. The molecule has 0 aliphatic carbocycles. The number of fused-ring (bicyclic) bond motifs is 3. The third-order valence-corrected chi connectivity index (χ3v) is 4.91. The SMILES string of the molecule is CCOc1cc2c(c3[nH]c(C(=O)Nc4ccccc4N(C)C)cc13)O[C@@H](C)C2. The number of ether oxygens (including phenoxy) is 2. The van der Waals surface area contributed by atoms with Gasteiger partial charge in [-0.05, 0) is 38.1 Å². The predicted molar refractivity (Wildman–Crippen MR) is 112 cm³/mol. The summed E-state index contributed by atoms with van der Waals surface area (Å²) >= 11 is 0. The summed E-state index contributed by atoms with van der Waals surface area (Å²) in [6.07, 6.45) is 0.949. The third-order valence-electron chi connectivity index (χ3n) is 4.91. The van der Waals surface area contributed by atoms with Crippen molar-refractivity contribution in [1.29, 1.82) is 0 Å². The number of benzene rings is 2. The second kappa shape index (κ2) is 7.11. The minimum absolute atomic E-state index is 0.114. The lowest BCUT2D eigenvalue weighted by atomic mass is 10.1. The Morgan fingerprint density at radius 2 is 2.11 bits per heavy atom. The van der Waals surface area contributed by atoms with E-state index in [4.69, 9.17) is 9.47 Å². The number of amides is 1. The highest BCUT2D eigenvalue weighted by Gasteiger charge is 2.26. The van der Waals surface area contributed by atoms with Gasteiger partial charge >= 0.3 is 0 Å². The molecule has 1 aromatic heterocycles. The van der Waals surface area contributed by atoms with Gasteiger partial charge in [0.2, 0.25) is 0 Å². The number of anilines is 2. The van der Waals surface area contributed by atoms with E-state index in [-0.39, 0.29) is 12.0 Å². The number of carbonyl (C=O) groups is 1. The first-order chi connectivity index (χ1) is 13.5. The second-order valence-corrected chi connectivity index (χ2v) is 7.27. The Bertz CT molecular complexity index is 1040. The van der Waals surface area contributed by atoms with Crippen molar-refractivity contribution in [2.45, 2.75) is 26.4 Å². The van der Waals surface area contributed by atoms with Gasteiger partial charge in [-0.1, -0.05) is 12.1 Å². The summed E-state index contributed by atoms with van der Waals surface area (Å²) in [6.45, 7) is 4.56. The molecule has 0 saturated heterocycles. The Morgan fingerprint density at radius 1 is 1.32 bits per heavy atom. The van der Waals surface area contributed by atoms with Crippen molar-refractivity contribution in [2.24, 2.45) is 0 Å². The number of nitrogens with zero attached hydrogens (tertiary/aromatic N) is 1. The summed E-state index contributed by atoms with van der Waals surface area (Å²) in [7, 11) is 3.90. The third kappa shape index (κ3) is 3.15. The van der Waals surface area contributed by atoms with E-state index in [0.717, 1.165) is 45.8 Å². The Kier molecular flexibility index (Phi) is 4.63. The molecule has 2 N–H and O–H groups in total. The van der Waals surface area contributed by atoms with Crippen LogP contribution in [-0.4, -0.2) is 37.7 Å². The molecule has 0 fully saturated rings. The molecule has 2 aromatic carbocycles. The van der Waals surface area contributed by atoms with Gasteiger partial charge in [-0.2, -0.15) is 0 Å². The predicted octanol–water partition coefficient (Wildman–Crippen LogP) is 4.21. The van der Waals surface area contributed by atoms with Crippen molar-refractivity contribution < 1.29 is 14.3 Å². The van der Waals surface area contributed by atoms with Crippen molar-refractivity contribution in [1.82, 2.24) is 4.98 Å². The zero-order valence-corrected chi connectivity index (χ0v) is 16.6. The lowest BCUT2D eigenvalue weighted by molar-refractivity contribution is 0.102. The number of rotatable bonds is 5. The zero-order chi connectivity index (χ0) is 19.8. The topological polar surface area (TPSA) is 66.6 Å². The van der Waals surface area contributed by atoms with Gasteiger partial charge in [0.25, 0.3) is 5.91 Å². The number of H-pyrrole nitrogens is 1. The van der Waals surface area contributed by atoms with E-state index in [2.05, 4.69) is 10.3 Å². The molecule has 4 rings (SSSR count). The fraction of sp³-hybridized carbons (Fsp3) is 0.318. The summed E-state index contributed by atoms with van der Waals surface area (Å²) in [5.41, 5.74) is 4.10. The number of para-hydroxylation sites is 2. The van der Waals surface area contributed by atoms with Crippen molar-refractivity contribution in [3.05, 3.63) is 47.7 Å². The molecule has 1 aliphatic rings.